The van der Waals surface area contributed by atoms with E-state index in [1.54, 1.807) is 12.1 Å². The predicted octanol–water partition coefficient (Wildman–Crippen LogP) is -1.01. The Bertz CT molecular complexity index is 605. The van der Waals surface area contributed by atoms with Gasteiger partial charge in [0.05, 0.1) is 18.6 Å². The average Bonchev–Trinajstić information content (AvgIpc) is 2.79. The van der Waals surface area contributed by atoms with Crippen molar-refractivity contribution in [1.29, 1.82) is 0 Å². The van der Waals surface area contributed by atoms with E-state index < -0.39 is 17.0 Å². The van der Waals surface area contributed by atoms with Crippen LogP contribution in [0.3, 0.4) is 0 Å². The summed E-state index contributed by atoms with van der Waals surface area (Å²) >= 11 is 0. The van der Waals surface area contributed by atoms with Crippen LogP contribution in [0.15, 0.2) is 18.2 Å². The number of benzene rings is 1. The molecule has 2 rings (SSSR count). The van der Waals surface area contributed by atoms with Gasteiger partial charge in [0.2, 0.25) is 0 Å². The van der Waals surface area contributed by atoms with Crippen LogP contribution >= 0.6 is 0 Å². The highest BCUT2D eigenvalue weighted by atomic mass is 32.2. The Hall–Kier alpha value is -1.09. The number of nitrogens with zero attached hydrogens (tertiary/aromatic N) is 1. The van der Waals surface area contributed by atoms with E-state index in [1.165, 1.54) is 7.11 Å². The number of sulfone groups is 1. The van der Waals surface area contributed by atoms with E-state index in [0.717, 1.165) is 5.56 Å². The number of hydrogen-bond donors (Lipinski definition) is 2. The van der Waals surface area contributed by atoms with E-state index in [9.17, 15) is 18.5 Å². The van der Waals surface area contributed by atoms with Crippen molar-refractivity contribution in [3.8, 4) is 5.75 Å². The van der Waals surface area contributed by atoms with Crippen molar-refractivity contribution in [1.82, 2.24) is 4.90 Å². The molecular formula is C13H20BNO5S. The average molecular weight is 313 g/mol. The largest absolute Gasteiger partial charge is 0.497 e. The molecule has 1 atom stereocenters. The number of methoxy groups -OCH3 is 1. The number of hydrogen-bond acceptors (Lipinski definition) is 6. The maximum Gasteiger partial charge on any atom is 0.492 e. The van der Waals surface area contributed by atoms with Crippen LogP contribution in [0.5, 0.6) is 5.75 Å². The SMILES string of the molecule is COc1ccc(CN(C)C2CCS(=O)(=O)C2)cc1B(O)O. The van der Waals surface area contributed by atoms with Crippen LogP contribution in [0.25, 0.3) is 0 Å². The summed E-state index contributed by atoms with van der Waals surface area (Å²) in [6.45, 7) is 0.546. The molecule has 0 amide bonds. The van der Waals surface area contributed by atoms with Gasteiger partial charge in [-0.05, 0) is 25.1 Å². The van der Waals surface area contributed by atoms with Crippen molar-refractivity contribution in [3.63, 3.8) is 0 Å². The fraction of sp³-hybridized carbons (Fsp3) is 0.538. The van der Waals surface area contributed by atoms with Crippen LogP contribution in [-0.2, 0) is 16.4 Å². The fourth-order valence-corrected chi connectivity index (χ4v) is 4.43. The van der Waals surface area contributed by atoms with E-state index >= 15 is 0 Å². The van der Waals surface area contributed by atoms with Gasteiger partial charge in [-0.15, -0.1) is 0 Å². The highest BCUT2D eigenvalue weighted by molar-refractivity contribution is 7.91. The summed E-state index contributed by atoms with van der Waals surface area (Å²) in [7, 11) is -1.16. The quantitative estimate of drug-likeness (QED) is 0.678. The van der Waals surface area contributed by atoms with Gasteiger partial charge in [-0.1, -0.05) is 12.1 Å². The lowest BCUT2D eigenvalue weighted by molar-refractivity contribution is 0.254. The normalized spacial score (nSPS) is 20.7. The smallest absolute Gasteiger partial charge is 0.492 e. The van der Waals surface area contributed by atoms with E-state index in [2.05, 4.69) is 0 Å². The van der Waals surface area contributed by atoms with Crippen LogP contribution in [0.4, 0.5) is 0 Å². The molecule has 1 heterocycles. The monoisotopic (exact) mass is 313 g/mol. The van der Waals surface area contributed by atoms with Gasteiger partial charge in [-0.2, -0.15) is 0 Å². The first-order valence-electron chi connectivity index (χ1n) is 6.76. The summed E-state index contributed by atoms with van der Waals surface area (Å²) in [5, 5.41) is 18.7. The lowest BCUT2D eigenvalue weighted by atomic mass is 9.78. The van der Waals surface area contributed by atoms with Gasteiger partial charge in [-0.25, -0.2) is 8.42 Å². The molecule has 0 bridgehead atoms. The van der Waals surface area contributed by atoms with Gasteiger partial charge in [0.15, 0.2) is 9.84 Å². The third kappa shape index (κ3) is 3.97. The zero-order chi connectivity index (χ0) is 15.6. The molecule has 6 nitrogen and oxygen atoms in total. The van der Waals surface area contributed by atoms with Crippen molar-refractivity contribution < 1.29 is 23.2 Å². The Morgan fingerprint density at radius 2 is 2.14 bits per heavy atom. The molecule has 116 valence electrons. The molecule has 1 aliphatic rings. The third-order valence-corrected chi connectivity index (χ3v) is 5.59. The van der Waals surface area contributed by atoms with E-state index in [0.29, 0.717) is 24.2 Å². The minimum absolute atomic E-state index is 0.0135. The van der Waals surface area contributed by atoms with Crippen LogP contribution in [-0.4, -0.2) is 62.2 Å². The van der Waals surface area contributed by atoms with Gasteiger partial charge >= 0.3 is 7.12 Å². The van der Waals surface area contributed by atoms with Gasteiger partial charge in [0, 0.05) is 18.0 Å². The lowest BCUT2D eigenvalue weighted by Gasteiger charge is -2.23. The lowest BCUT2D eigenvalue weighted by Crippen LogP contribution is -2.34. The Kier molecular flexibility index (Phi) is 4.93. The molecule has 1 aromatic rings. The predicted molar refractivity (Wildman–Crippen MR) is 81.3 cm³/mol. The van der Waals surface area contributed by atoms with Crippen molar-refractivity contribution in [2.45, 2.75) is 19.0 Å². The maximum atomic E-state index is 11.5. The first kappa shape index (κ1) is 16.3. The topological polar surface area (TPSA) is 87.1 Å². The first-order chi connectivity index (χ1) is 9.82. The summed E-state index contributed by atoms with van der Waals surface area (Å²) in [4.78, 5) is 1.99. The molecule has 1 unspecified atom stereocenters. The third-order valence-electron chi connectivity index (χ3n) is 3.84. The highest BCUT2D eigenvalue weighted by Crippen LogP contribution is 2.19. The second-order valence-electron chi connectivity index (χ2n) is 5.42. The molecule has 0 saturated carbocycles. The molecule has 0 aromatic heterocycles. The Balaban J connectivity index is 2.11. The zero-order valence-corrected chi connectivity index (χ0v) is 13.0. The standard InChI is InChI=1S/C13H20BNO5S/c1-15(11-5-6-21(18,19)9-11)8-10-3-4-13(20-2)12(7-10)14(16)17/h3-4,7,11,16-17H,5-6,8-9H2,1-2H3. The molecule has 1 fully saturated rings. The summed E-state index contributed by atoms with van der Waals surface area (Å²) in [5.74, 6) is 0.847. The maximum absolute atomic E-state index is 11.5. The Morgan fingerprint density at radius 1 is 1.43 bits per heavy atom. The second-order valence-corrected chi connectivity index (χ2v) is 7.65. The Morgan fingerprint density at radius 3 is 2.67 bits per heavy atom. The van der Waals surface area contributed by atoms with Crippen LogP contribution in [0.2, 0.25) is 0 Å². The van der Waals surface area contributed by atoms with Crippen molar-refractivity contribution >= 4 is 22.4 Å². The number of rotatable bonds is 5. The molecule has 0 aliphatic carbocycles. The van der Waals surface area contributed by atoms with Crippen molar-refractivity contribution in [2.75, 3.05) is 25.7 Å². The van der Waals surface area contributed by atoms with Crippen molar-refractivity contribution in [3.05, 3.63) is 23.8 Å². The minimum atomic E-state index is -2.91. The molecule has 8 heteroatoms. The van der Waals surface area contributed by atoms with Gasteiger partial charge in [0.1, 0.15) is 5.75 Å². The molecule has 1 saturated heterocycles. The van der Waals surface area contributed by atoms with E-state index in [-0.39, 0.29) is 17.5 Å². The molecule has 1 aromatic carbocycles. The molecule has 0 spiro atoms. The summed E-state index contributed by atoms with van der Waals surface area (Å²) in [6, 6.07) is 5.21. The Labute approximate surface area is 125 Å². The molecule has 0 radical (unpaired) electrons. The molecule has 21 heavy (non-hydrogen) atoms. The highest BCUT2D eigenvalue weighted by Gasteiger charge is 2.30. The van der Waals surface area contributed by atoms with Gasteiger partial charge in [0.25, 0.3) is 0 Å². The van der Waals surface area contributed by atoms with Gasteiger partial charge in [-0.3, -0.25) is 4.90 Å². The van der Waals surface area contributed by atoms with Gasteiger partial charge < -0.3 is 14.8 Å². The zero-order valence-electron chi connectivity index (χ0n) is 12.2. The van der Waals surface area contributed by atoms with Crippen molar-refractivity contribution in [2.24, 2.45) is 0 Å². The van der Waals surface area contributed by atoms with E-state index in [1.807, 2.05) is 18.0 Å². The van der Waals surface area contributed by atoms with Crippen LogP contribution in [0, 0.1) is 0 Å². The van der Waals surface area contributed by atoms with Crippen LogP contribution < -0.4 is 10.2 Å². The van der Waals surface area contributed by atoms with Crippen LogP contribution in [0.1, 0.15) is 12.0 Å². The molecule has 2 N–H and O–H groups in total. The summed E-state index contributed by atoms with van der Waals surface area (Å²) in [5.41, 5.74) is 1.19. The molecule has 1 aliphatic heterocycles. The van der Waals surface area contributed by atoms with E-state index in [4.69, 9.17) is 4.74 Å². The summed E-state index contributed by atoms with van der Waals surface area (Å²) < 4.78 is 28.1. The number of ether oxygens (including phenoxy) is 1. The summed E-state index contributed by atoms with van der Waals surface area (Å²) in [6.07, 6.45) is 0.643. The molecular weight excluding hydrogens is 293 g/mol. The fourth-order valence-electron chi connectivity index (χ4n) is 2.62. The first-order valence-corrected chi connectivity index (χ1v) is 8.58. The second kappa shape index (κ2) is 6.35. The minimum Gasteiger partial charge on any atom is -0.497 e.